The average Bonchev–Trinajstić information content (AvgIpc) is 2.73. The molecule has 4 nitrogen and oxygen atoms in total. The predicted molar refractivity (Wildman–Crippen MR) is 60.7 cm³/mol. The zero-order valence-corrected chi connectivity index (χ0v) is 9.24. The molecule has 2 aromatic rings. The Kier molecular flexibility index (Phi) is 3.31. The van der Waals surface area contributed by atoms with Crippen molar-refractivity contribution in [2.45, 2.75) is 18.9 Å². The maximum Gasteiger partial charge on any atom is 0.108 e. The minimum Gasteiger partial charge on any atom is -0.387 e. The monoisotopic (exact) mass is 217 g/mol. The number of imidazole rings is 1. The minimum absolute atomic E-state index is 0.516. The van der Waals surface area contributed by atoms with Gasteiger partial charge in [0.05, 0.1) is 11.8 Å². The molecule has 1 N–H and O–H groups in total. The Labute approximate surface area is 94.6 Å². The van der Waals surface area contributed by atoms with Gasteiger partial charge < -0.3 is 9.67 Å². The van der Waals surface area contributed by atoms with Crippen LogP contribution < -0.4 is 0 Å². The molecule has 1 unspecified atom stereocenters. The van der Waals surface area contributed by atoms with E-state index in [1.54, 1.807) is 12.4 Å². The molecule has 0 amide bonds. The van der Waals surface area contributed by atoms with Gasteiger partial charge in [-0.25, -0.2) is 4.98 Å². The van der Waals surface area contributed by atoms with E-state index in [0.29, 0.717) is 6.42 Å². The lowest BCUT2D eigenvalue weighted by atomic mass is 10.1. The fraction of sp³-hybridized carbons (Fsp3) is 0.333. The van der Waals surface area contributed by atoms with Crippen molar-refractivity contribution in [3.8, 4) is 0 Å². The molecule has 0 spiro atoms. The van der Waals surface area contributed by atoms with Crippen LogP contribution in [0.4, 0.5) is 0 Å². The molecule has 16 heavy (non-hydrogen) atoms. The van der Waals surface area contributed by atoms with Crippen molar-refractivity contribution >= 4 is 0 Å². The van der Waals surface area contributed by atoms with Crippen molar-refractivity contribution in [3.05, 3.63) is 48.3 Å². The first-order valence-electron chi connectivity index (χ1n) is 5.32. The Morgan fingerprint density at radius 1 is 1.31 bits per heavy atom. The molecule has 0 fully saturated rings. The van der Waals surface area contributed by atoms with Crippen molar-refractivity contribution in [1.82, 2.24) is 14.5 Å². The molecule has 0 radical (unpaired) electrons. The summed E-state index contributed by atoms with van der Waals surface area (Å²) in [6.45, 7) is 0. The highest BCUT2D eigenvalue weighted by Gasteiger charge is 2.09. The van der Waals surface area contributed by atoms with Crippen LogP contribution in [0.5, 0.6) is 0 Å². The van der Waals surface area contributed by atoms with Crippen molar-refractivity contribution in [3.63, 3.8) is 0 Å². The van der Waals surface area contributed by atoms with E-state index < -0.39 is 6.10 Å². The number of aryl methyl sites for hydroxylation is 2. The van der Waals surface area contributed by atoms with Gasteiger partial charge in [0.1, 0.15) is 5.82 Å². The van der Waals surface area contributed by atoms with Crippen molar-refractivity contribution in [2.24, 2.45) is 7.05 Å². The largest absolute Gasteiger partial charge is 0.387 e. The Morgan fingerprint density at radius 2 is 2.19 bits per heavy atom. The van der Waals surface area contributed by atoms with E-state index in [0.717, 1.165) is 17.9 Å². The summed E-state index contributed by atoms with van der Waals surface area (Å²) >= 11 is 0. The summed E-state index contributed by atoms with van der Waals surface area (Å²) in [5.41, 5.74) is 0.719. The average molecular weight is 217 g/mol. The van der Waals surface area contributed by atoms with E-state index in [-0.39, 0.29) is 0 Å². The molecular weight excluding hydrogens is 202 g/mol. The third kappa shape index (κ3) is 2.46. The molecule has 0 aliphatic heterocycles. The van der Waals surface area contributed by atoms with Crippen LogP contribution in [0.2, 0.25) is 0 Å². The van der Waals surface area contributed by atoms with Crippen LogP contribution in [-0.2, 0) is 13.5 Å². The first kappa shape index (κ1) is 10.8. The van der Waals surface area contributed by atoms with Gasteiger partial charge in [0.15, 0.2) is 0 Å². The van der Waals surface area contributed by atoms with E-state index in [9.17, 15) is 5.11 Å². The fourth-order valence-corrected chi connectivity index (χ4v) is 1.62. The molecule has 2 heterocycles. The maximum absolute atomic E-state index is 9.91. The molecule has 1 atom stereocenters. The quantitative estimate of drug-likeness (QED) is 0.844. The van der Waals surface area contributed by atoms with Crippen LogP contribution >= 0.6 is 0 Å². The first-order valence-corrected chi connectivity index (χ1v) is 5.32. The van der Waals surface area contributed by atoms with Crippen LogP contribution in [0.1, 0.15) is 24.0 Å². The molecular formula is C12H15N3O. The number of nitrogens with zero attached hydrogens (tertiary/aromatic N) is 3. The highest BCUT2D eigenvalue weighted by atomic mass is 16.3. The number of pyridine rings is 1. The molecule has 0 aromatic carbocycles. The summed E-state index contributed by atoms with van der Waals surface area (Å²) in [6.07, 6.45) is 6.24. The highest BCUT2D eigenvalue weighted by Crippen LogP contribution is 2.15. The van der Waals surface area contributed by atoms with E-state index in [2.05, 4.69) is 9.97 Å². The van der Waals surface area contributed by atoms with Gasteiger partial charge in [-0.2, -0.15) is 0 Å². The number of hydrogen-bond acceptors (Lipinski definition) is 3. The lowest BCUT2D eigenvalue weighted by Gasteiger charge is -2.09. The number of rotatable bonds is 4. The lowest BCUT2D eigenvalue weighted by Crippen LogP contribution is -2.04. The summed E-state index contributed by atoms with van der Waals surface area (Å²) in [4.78, 5) is 8.34. The second kappa shape index (κ2) is 4.90. The van der Waals surface area contributed by atoms with Crippen LogP contribution in [-0.4, -0.2) is 19.6 Å². The summed E-state index contributed by atoms with van der Waals surface area (Å²) in [5.74, 6) is 0.981. The summed E-state index contributed by atoms with van der Waals surface area (Å²) < 4.78 is 1.96. The number of aliphatic hydroxyl groups is 1. The first-order chi connectivity index (χ1) is 7.77. The van der Waals surface area contributed by atoms with Crippen LogP contribution in [0.3, 0.4) is 0 Å². The van der Waals surface area contributed by atoms with Crippen molar-refractivity contribution < 1.29 is 5.11 Å². The molecule has 0 saturated carbocycles. The Hall–Kier alpha value is -1.68. The number of hydrogen-bond donors (Lipinski definition) is 1. The zero-order valence-electron chi connectivity index (χ0n) is 9.24. The summed E-state index contributed by atoms with van der Waals surface area (Å²) in [6, 6.07) is 5.56. The van der Waals surface area contributed by atoms with Gasteiger partial charge >= 0.3 is 0 Å². The fourth-order valence-electron chi connectivity index (χ4n) is 1.62. The van der Waals surface area contributed by atoms with E-state index in [4.69, 9.17) is 0 Å². The second-order valence-corrected chi connectivity index (χ2v) is 3.76. The summed E-state index contributed by atoms with van der Waals surface area (Å²) in [5, 5.41) is 9.91. The van der Waals surface area contributed by atoms with E-state index in [1.807, 2.05) is 36.0 Å². The SMILES string of the molecule is Cn1ccnc1CCC(O)c1ccccn1. The van der Waals surface area contributed by atoms with Gasteiger partial charge in [-0.3, -0.25) is 4.98 Å². The third-order valence-corrected chi connectivity index (χ3v) is 2.59. The van der Waals surface area contributed by atoms with Crippen molar-refractivity contribution in [2.75, 3.05) is 0 Å². The molecule has 0 aliphatic carbocycles. The topological polar surface area (TPSA) is 50.9 Å². The zero-order chi connectivity index (χ0) is 11.4. The molecule has 4 heteroatoms. The van der Waals surface area contributed by atoms with Crippen LogP contribution in [0.15, 0.2) is 36.8 Å². The molecule has 0 aliphatic rings. The third-order valence-electron chi connectivity index (χ3n) is 2.59. The van der Waals surface area contributed by atoms with Gasteiger partial charge in [-0.15, -0.1) is 0 Å². The maximum atomic E-state index is 9.91. The smallest absolute Gasteiger partial charge is 0.108 e. The predicted octanol–water partition coefficient (Wildman–Crippen LogP) is 1.48. The highest BCUT2D eigenvalue weighted by molar-refractivity contribution is 5.07. The Balaban J connectivity index is 1.94. The van der Waals surface area contributed by atoms with Crippen LogP contribution in [0.25, 0.3) is 0 Å². The molecule has 0 saturated heterocycles. The Morgan fingerprint density at radius 3 is 2.81 bits per heavy atom. The van der Waals surface area contributed by atoms with E-state index in [1.165, 1.54) is 0 Å². The molecule has 2 rings (SSSR count). The normalized spacial score (nSPS) is 12.6. The van der Waals surface area contributed by atoms with Gasteiger partial charge in [-0.1, -0.05) is 6.07 Å². The molecule has 2 aromatic heterocycles. The summed E-state index contributed by atoms with van der Waals surface area (Å²) in [7, 11) is 1.95. The van der Waals surface area contributed by atoms with Gasteiger partial charge in [-0.05, 0) is 18.6 Å². The number of aromatic nitrogens is 3. The minimum atomic E-state index is -0.516. The van der Waals surface area contributed by atoms with Crippen molar-refractivity contribution in [1.29, 1.82) is 0 Å². The van der Waals surface area contributed by atoms with Gasteiger partial charge in [0.2, 0.25) is 0 Å². The Bertz CT molecular complexity index is 439. The van der Waals surface area contributed by atoms with Gasteiger partial charge in [0.25, 0.3) is 0 Å². The van der Waals surface area contributed by atoms with Gasteiger partial charge in [0, 0.05) is 32.1 Å². The standard InChI is InChI=1S/C12H15N3O/c1-15-9-8-14-12(15)6-5-11(16)10-4-2-3-7-13-10/h2-4,7-9,11,16H,5-6H2,1H3. The van der Waals surface area contributed by atoms with E-state index >= 15 is 0 Å². The second-order valence-electron chi connectivity index (χ2n) is 3.76. The molecule has 0 bridgehead atoms. The number of aliphatic hydroxyl groups excluding tert-OH is 1. The van der Waals surface area contributed by atoms with Crippen LogP contribution in [0, 0.1) is 0 Å². The molecule has 84 valence electrons. The lowest BCUT2D eigenvalue weighted by molar-refractivity contribution is 0.162.